The van der Waals surface area contributed by atoms with E-state index in [9.17, 15) is 14.4 Å². The third-order valence-electron chi connectivity index (χ3n) is 4.09. The topological polar surface area (TPSA) is 78.5 Å². The molecule has 2 N–H and O–H groups in total. The van der Waals surface area contributed by atoms with Crippen molar-refractivity contribution in [3.05, 3.63) is 34.9 Å². The average Bonchev–Trinajstić information content (AvgIpc) is 3.06. The Morgan fingerprint density at radius 3 is 2.64 bits per heavy atom. The highest BCUT2D eigenvalue weighted by Crippen LogP contribution is 2.25. The summed E-state index contributed by atoms with van der Waals surface area (Å²) in [6, 6.07) is 4.61. The van der Waals surface area contributed by atoms with Crippen LogP contribution in [0.1, 0.15) is 51.3 Å². The molecule has 1 fully saturated rings. The fourth-order valence-corrected chi connectivity index (χ4v) is 2.92. The van der Waals surface area contributed by atoms with E-state index in [0.717, 1.165) is 19.5 Å². The molecule has 1 saturated heterocycles. The summed E-state index contributed by atoms with van der Waals surface area (Å²) in [6.45, 7) is 5.24. The number of carbonyl (C=O) groups excluding carboxylic acids is 3. The van der Waals surface area contributed by atoms with Crippen LogP contribution in [0.3, 0.4) is 0 Å². The minimum absolute atomic E-state index is 0.116. The molecule has 116 valence electrons. The summed E-state index contributed by atoms with van der Waals surface area (Å²) in [4.78, 5) is 38.0. The number of nitrogens with zero attached hydrogens (tertiary/aromatic N) is 1. The van der Waals surface area contributed by atoms with Crippen LogP contribution in [0.2, 0.25) is 0 Å². The van der Waals surface area contributed by atoms with Gasteiger partial charge in [-0.2, -0.15) is 0 Å². The number of hydrogen-bond donors (Lipinski definition) is 2. The molecule has 0 bridgehead atoms. The highest BCUT2D eigenvalue weighted by Gasteiger charge is 2.37. The highest BCUT2D eigenvalue weighted by atomic mass is 16.2. The second-order valence-corrected chi connectivity index (χ2v) is 6.00. The zero-order valence-electron chi connectivity index (χ0n) is 12.7. The van der Waals surface area contributed by atoms with Gasteiger partial charge in [-0.1, -0.05) is 0 Å². The smallest absolute Gasteiger partial charge is 0.261 e. The minimum atomic E-state index is -0.327. The summed E-state index contributed by atoms with van der Waals surface area (Å²) in [5.74, 6) is -0.825. The molecule has 1 aromatic carbocycles. The maximum Gasteiger partial charge on any atom is 0.261 e. The number of fused-ring (bicyclic) bond motifs is 1. The van der Waals surface area contributed by atoms with Gasteiger partial charge in [0.25, 0.3) is 17.7 Å². The second-order valence-electron chi connectivity index (χ2n) is 6.00. The summed E-state index contributed by atoms with van der Waals surface area (Å²) in [5.41, 5.74) is 1.10. The van der Waals surface area contributed by atoms with Gasteiger partial charge in [-0.05, 0) is 45.0 Å². The molecule has 1 unspecified atom stereocenters. The standard InChI is InChI=1S/C16H19N3O3/c1-9(2)19-15(21)12-4-3-10(7-13(12)16(19)22)14(20)18-11-5-6-17-8-11/h3-4,7,9,11,17H,5-6,8H2,1-2H3,(H,18,20). The maximum atomic E-state index is 12.3. The number of carbonyl (C=O) groups is 3. The second kappa shape index (κ2) is 5.53. The van der Waals surface area contributed by atoms with E-state index >= 15 is 0 Å². The molecule has 0 saturated carbocycles. The molecule has 0 spiro atoms. The van der Waals surface area contributed by atoms with Crippen molar-refractivity contribution in [3.63, 3.8) is 0 Å². The van der Waals surface area contributed by atoms with Gasteiger partial charge in [0.15, 0.2) is 0 Å². The summed E-state index contributed by atoms with van der Waals surface area (Å²) in [5, 5.41) is 6.12. The summed E-state index contributed by atoms with van der Waals surface area (Å²) in [7, 11) is 0. The van der Waals surface area contributed by atoms with Gasteiger partial charge in [-0.25, -0.2) is 0 Å². The number of hydrogen-bond acceptors (Lipinski definition) is 4. The molecule has 2 aliphatic rings. The van der Waals surface area contributed by atoms with Crippen LogP contribution in [-0.2, 0) is 0 Å². The summed E-state index contributed by atoms with van der Waals surface area (Å²) < 4.78 is 0. The van der Waals surface area contributed by atoms with E-state index in [-0.39, 0.29) is 29.8 Å². The first-order chi connectivity index (χ1) is 10.5. The first-order valence-electron chi connectivity index (χ1n) is 7.52. The first kappa shape index (κ1) is 14.7. The molecule has 6 heteroatoms. The first-order valence-corrected chi connectivity index (χ1v) is 7.52. The summed E-state index contributed by atoms with van der Waals surface area (Å²) in [6.07, 6.45) is 0.898. The Morgan fingerprint density at radius 2 is 2.00 bits per heavy atom. The third-order valence-corrected chi connectivity index (χ3v) is 4.09. The fourth-order valence-electron chi connectivity index (χ4n) is 2.92. The lowest BCUT2D eigenvalue weighted by molar-refractivity contribution is 0.0609. The molecule has 2 heterocycles. The number of imide groups is 1. The van der Waals surface area contributed by atoms with Crippen LogP contribution in [0.5, 0.6) is 0 Å². The lowest BCUT2D eigenvalue weighted by atomic mass is 10.0. The Balaban J connectivity index is 1.84. The van der Waals surface area contributed by atoms with Crippen LogP contribution >= 0.6 is 0 Å². The molecule has 1 atom stereocenters. The van der Waals surface area contributed by atoms with Gasteiger partial charge in [-0.15, -0.1) is 0 Å². The molecule has 1 aromatic rings. The van der Waals surface area contributed by atoms with Crippen molar-refractivity contribution in [1.82, 2.24) is 15.5 Å². The van der Waals surface area contributed by atoms with Crippen LogP contribution in [0.15, 0.2) is 18.2 Å². The molecule has 0 radical (unpaired) electrons. The summed E-state index contributed by atoms with van der Waals surface area (Å²) >= 11 is 0. The Bertz CT molecular complexity index is 648. The lowest BCUT2D eigenvalue weighted by Crippen LogP contribution is -2.36. The molecule has 3 amide bonds. The number of benzene rings is 1. The zero-order valence-corrected chi connectivity index (χ0v) is 12.7. The van der Waals surface area contributed by atoms with E-state index in [1.54, 1.807) is 26.0 Å². The van der Waals surface area contributed by atoms with Crippen LogP contribution in [0.25, 0.3) is 0 Å². The van der Waals surface area contributed by atoms with Crippen molar-refractivity contribution in [2.75, 3.05) is 13.1 Å². The third kappa shape index (κ3) is 2.39. The molecule has 2 aliphatic heterocycles. The highest BCUT2D eigenvalue weighted by molar-refractivity contribution is 6.22. The number of rotatable bonds is 3. The van der Waals surface area contributed by atoms with Gasteiger partial charge >= 0.3 is 0 Å². The predicted octanol–water partition coefficient (Wildman–Crippen LogP) is 0.783. The van der Waals surface area contributed by atoms with Crippen molar-refractivity contribution < 1.29 is 14.4 Å². The molecular formula is C16H19N3O3. The minimum Gasteiger partial charge on any atom is -0.348 e. The van der Waals surface area contributed by atoms with Gasteiger partial charge in [0.2, 0.25) is 0 Å². The van der Waals surface area contributed by atoms with Crippen molar-refractivity contribution in [2.45, 2.75) is 32.4 Å². The van der Waals surface area contributed by atoms with Crippen LogP contribution in [0, 0.1) is 0 Å². The maximum absolute atomic E-state index is 12.3. The van der Waals surface area contributed by atoms with Gasteiger partial charge in [0.05, 0.1) is 11.1 Å². The van der Waals surface area contributed by atoms with Crippen molar-refractivity contribution in [1.29, 1.82) is 0 Å². The van der Waals surface area contributed by atoms with Gasteiger partial charge in [0.1, 0.15) is 0 Å². The molecular weight excluding hydrogens is 282 g/mol. The molecule has 6 nitrogen and oxygen atoms in total. The average molecular weight is 301 g/mol. The van der Waals surface area contributed by atoms with Crippen LogP contribution in [-0.4, -0.2) is 47.8 Å². The molecule has 0 aliphatic carbocycles. The zero-order chi connectivity index (χ0) is 15.9. The van der Waals surface area contributed by atoms with E-state index in [4.69, 9.17) is 0 Å². The predicted molar refractivity (Wildman–Crippen MR) is 80.8 cm³/mol. The molecule has 3 rings (SSSR count). The fraction of sp³-hybridized carbons (Fsp3) is 0.438. The lowest BCUT2D eigenvalue weighted by Gasteiger charge is -2.17. The van der Waals surface area contributed by atoms with Gasteiger partial charge in [-0.3, -0.25) is 19.3 Å². The number of amides is 3. The number of nitrogens with one attached hydrogen (secondary N) is 2. The van der Waals surface area contributed by atoms with E-state index in [1.165, 1.54) is 11.0 Å². The Morgan fingerprint density at radius 1 is 1.27 bits per heavy atom. The normalized spacial score (nSPS) is 20.7. The van der Waals surface area contributed by atoms with Gasteiger partial charge in [0, 0.05) is 24.2 Å². The van der Waals surface area contributed by atoms with E-state index < -0.39 is 0 Å². The van der Waals surface area contributed by atoms with E-state index in [1.807, 2.05) is 0 Å². The van der Waals surface area contributed by atoms with Crippen molar-refractivity contribution in [2.24, 2.45) is 0 Å². The van der Waals surface area contributed by atoms with E-state index in [2.05, 4.69) is 10.6 Å². The Labute approximate surface area is 128 Å². The SMILES string of the molecule is CC(C)N1C(=O)c2ccc(C(=O)NC3CCNC3)cc2C1=O. The molecule has 22 heavy (non-hydrogen) atoms. The Hall–Kier alpha value is -2.21. The van der Waals surface area contributed by atoms with E-state index in [0.29, 0.717) is 16.7 Å². The largest absolute Gasteiger partial charge is 0.348 e. The quantitative estimate of drug-likeness (QED) is 0.809. The van der Waals surface area contributed by atoms with Crippen LogP contribution < -0.4 is 10.6 Å². The van der Waals surface area contributed by atoms with Crippen LogP contribution in [0.4, 0.5) is 0 Å². The monoisotopic (exact) mass is 301 g/mol. The molecule has 0 aromatic heterocycles. The van der Waals surface area contributed by atoms with Crippen molar-refractivity contribution in [3.8, 4) is 0 Å². The van der Waals surface area contributed by atoms with Gasteiger partial charge < -0.3 is 10.6 Å². The van der Waals surface area contributed by atoms with Crippen molar-refractivity contribution >= 4 is 17.7 Å². The Kier molecular flexibility index (Phi) is 3.70.